The van der Waals surface area contributed by atoms with Crippen LogP contribution in [0.2, 0.25) is 0 Å². The van der Waals surface area contributed by atoms with E-state index in [0.717, 1.165) is 12.8 Å². The van der Waals surface area contributed by atoms with E-state index < -0.39 is 30.3 Å². The second-order valence-electron chi connectivity index (χ2n) is 4.81. The lowest BCUT2D eigenvalue weighted by molar-refractivity contribution is -0.147. The molecule has 19 heavy (non-hydrogen) atoms. The second-order valence-corrected chi connectivity index (χ2v) is 4.81. The number of carboxylic acids is 2. The Morgan fingerprint density at radius 3 is 2.16 bits per heavy atom. The first-order valence-electron chi connectivity index (χ1n) is 6.24. The van der Waals surface area contributed by atoms with Crippen molar-refractivity contribution in [2.45, 2.75) is 51.6 Å². The number of carbonyl (C=O) groups is 3. The second kappa shape index (κ2) is 8.47. The van der Waals surface area contributed by atoms with E-state index in [0.29, 0.717) is 6.42 Å². The third-order valence-corrected chi connectivity index (χ3v) is 2.74. The molecule has 3 atom stereocenters. The third kappa shape index (κ3) is 8.15. The molecule has 0 saturated carbocycles. The summed E-state index contributed by atoms with van der Waals surface area (Å²) >= 11 is 0. The molecule has 0 aliphatic rings. The zero-order chi connectivity index (χ0) is 15.0. The summed E-state index contributed by atoms with van der Waals surface area (Å²) in [5.74, 6) is -3.43. The average molecular weight is 274 g/mol. The summed E-state index contributed by atoms with van der Waals surface area (Å²) in [6.07, 6.45) is 1.51. The van der Waals surface area contributed by atoms with Gasteiger partial charge in [0.05, 0.1) is 6.42 Å². The van der Waals surface area contributed by atoms with Gasteiger partial charge in [-0.3, -0.25) is 9.59 Å². The number of nitrogens with two attached hydrogens (primary N) is 1. The molecule has 3 unspecified atom stereocenters. The number of hydrogen-bond donors (Lipinski definition) is 4. The highest BCUT2D eigenvalue weighted by Gasteiger charge is 2.25. The topological polar surface area (TPSA) is 130 Å². The monoisotopic (exact) mass is 274 g/mol. The number of rotatable bonds is 9. The van der Waals surface area contributed by atoms with Crippen molar-refractivity contribution in [3.05, 3.63) is 0 Å². The highest BCUT2D eigenvalue weighted by atomic mass is 16.4. The van der Waals surface area contributed by atoms with Crippen LogP contribution in [0.1, 0.15) is 39.5 Å². The number of amides is 1. The van der Waals surface area contributed by atoms with Crippen LogP contribution in [0, 0.1) is 5.92 Å². The van der Waals surface area contributed by atoms with Gasteiger partial charge in [-0.15, -0.1) is 0 Å². The van der Waals surface area contributed by atoms with Gasteiger partial charge in [-0.1, -0.05) is 13.3 Å². The van der Waals surface area contributed by atoms with Gasteiger partial charge in [0.1, 0.15) is 6.04 Å². The summed E-state index contributed by atoms with van der Waals surface area (Å²) < 4.78 is 0. The Balaban J connectivity index is 4.23. The number of carboxylic acid groups (broad SMARTS) is 2. The Labute approximate surface area is 112 Å². The molecule has 0 fully saturated rings. The van der Waals surface area contributed by atoms with Gasteiger partial charge in [-0.2, -0.15) is 0 Å². The summed E-state index contributed by atoms with van der Waals surface area (Å²) in [5, 5.41) is 19.6. The SMILES string of the molecule is CC(N)CCCC(C)C(=O)NC(CC(=O)O)C(=O)O. The van der Waals surface area contributed by atoms with Crippen molar-refractivity contribution in [1.82, 2.24) is 5.32 Å². The maximum absolute atomic E-state index is 11.7. The van der Waals surface area contributed by atoms with Crippen molar-refractivity contribution in [1.29, 1.82) is 0 Å². The van der Waals surface area contributed by atoms with E-state index >= 15 is 0 Å². The molecule has 0 saturated heterocycles. The van der Waals surface area contributed by atoms with Crippen molar-refractivity contribution >= 4 is 17.8 Å². The molecule has 7 heteroatoms. The lowest BCUT2D eigenvalue weighted by Crippen LogP contribution is -2.44. The van der Waals surface area contributed by atoms with E-state index in [4.69, 9.17) is 15.9 Å². The molecule has 0 rings (SSSR count). The van der Waals surface area contributed by atoms with Crippen LogP contribution in [0.25, 0.3) is 0 Å². The molecule has 0 aliphatic heterocycles. The Bertz CT molecular complexity index is 330. The zero-order valence-corrected chi connectivity index (χ0v) is 11.3. The molecule has 0 aromatic rings. The molecule has 0 spiro atoms. The summed E-state index contributed by atoms with van der Waals surface area (Å²) in [5.41, 5.74) is 5.59. The summed E-state index contributed by atoms with van der Waals surface area (Å²) in [4.78, 5) is 33.0. The van der Waals surface area contributed by atoms with E-state index in [1.54, 1.807) is 6.92 Å². The van der Waals surface area contributed by atoms with Crippen LogP contribution in [0.5, 0.6) is 0 Å². The first-order chi connectivity index (χ1) is 8.73. The molecule has 0 aromatic heterocycles. The van der Waals surface area contributed by atoms with E-state index in [1.807, 2.05) is 6.92 Å². The standard InChI is InChI=1S/C12H22N2O5/c1-7(4-3-5-8(2)13)11(17)14-9(12(18)19)6-10(15)16/h7-9H,3-6,13H2,1-2H3,(H,14,17)(H,15,16)(H,18,19). The molecule has 0 radical (unpaired) electrons. The van der Waals surface area contributed by atoms with Crippen LogP contribution >= 0.6 is 0 Å². The van der Waals surface area contributed by atoms with Gasteiger partial charge in [0.15, 0.2) is 0 Å². The molecule has 5 N–H and O–H groups in total. The average Bonchev–Trinajstić information content (AvgIpc) is 2.26. The maximum atomic E-state index is 11.7. The van der Waals surface area contributed by atoms with Gasteiger partial charge in [0.2, 0.25) is 5.91 Å². The lowest BCUT2D eigenvalue weighted by Gasteiger charge is -2.16. The molecule has 0 bridgehead atoms. The fourth-order valence-corrected chi connectivity index (χ4v) is 1.57. The van der Waals surface area contributed by atoms with Crippen molar-refractivity contribution in [3.63, 3.8) is 0 Å². The smallest absolute Gasteiger partial charge is 0.326 e. The van der Waals surface area contributed by atoms with Crippen molar-refractivity contribution in [2.24, 2.45) is 11.7 Å². The zero-order valence-electron chi connectivity index (χ0n) is 11.3. The fraction of sp³-hybridized carbons (Fsp3) is 0.750. The van der Waals surface area contributed by atoms with E-state index in [9.17, 15) is 14.4 Å². The van der Waals surface area contributed by atoms with Gasteiger partial charge >= 0.3 is 11.9 Å². The van der Waals surface area contributed by atoms with E-state index in [-0.39, 0.29) is 12.0 Å². The van der Waals surface area contributed by atoms with Crippen molar-refractivity contribution in [2.75, 3.05) is 0 Å². The van der Waals surface area contributed by atoms with Crippen LogP contribution < -0.4 is 11.1 Å². The summed E-state index contributed by atoms with van der Waals surface area (Å²) in [6, 6.07) is -1.32. The van der Waals surface area contributed by atoms with Gasteiger partial charge in [0, 0.05) is 12.0 Å². The quantitative estimate of drug-likeness (QED) is 0.474. The minimum atomic E-state index is -1.39. The van der Waals surface area contributed by atoms with Crippen LogP contribution in [-0.2, 0) is 14.4 Å². The fourth-order valence-electron chi connectivity index (χ4n) is 1.57. The minimum Gasteiger partial charge on any atom is -0.481 e. The molecule has 0 aliphatic carbocycles. The van der Waals surface area contributed by atoms with Gasteiger partial charge < -0.3 is 21.3 Å². The predicted molar refractivity (Wildman–Crippen MR) is 68.5 cm³/mol. The molecule has 7 nitrogen and oxygen atoms in total. The van der Waals surface area contributed by atoms with Gasteiger partial charge in [0.25, 0.3) is 0 Å². The lowest BCUT2D eigenvalue weighted by atomic mass is 10.0. The van der Waals surface area contributed by atoms with Crippen molar-refractivity contribution < 1.29 is 24.6 Å². The van der Waals surface area contributed by atoms with Crippen LogP contribution in [-0.4, -0.2) is 40.1 Å². The summed E-state index contributed by atoms with van der Waals surface area (Å²) in [6.45, 7) is 3.55. The Kier molecular flexibility index (Phi) is 7.74. The highest BCUT2D eigenvalue weighted by molar-refractivity contribution is 5.87. The highest BCUT2D eigenvalue weighted by Crippen LogP contribution is 2.09. The van der Waals surface area contributed by atoms with E-state index in [1.165, 1.54) is 0 Å². The van der Waals surface area contributed by atoms with Crippen molar-refractivity contribution in [3.8, 4) is 0 Å². The van der Waals surface area contributed by atoms with Crippen LogP contribution in [0.3, 0.4) is 0 Å². The van der Waals surface area contributed by atoms with E-state index in [2.05, 4.69) is 5.32 Å². The minimum absolute atomic E-state index is 0.0639. The normalized spacial score (nSPS) is 15.3. The number of aliphatic carboxylic acids is 2. The molecule has 0 aromatic carbocycles. The van der Waals surface area contributed by atoms with Crippen LogP contribution in [0.4, 0.5) is 0 Å². The Morgan fingerprint density at radius 2 is 1.74 bits per heavy atom. The van der Waals surface area contributed by atoms with Crippen LogP contribution in [0.15, 0.2) is 0 Å². The number of nitrogens with one attached hydrogen (secondary N) is 1. The molecular formula is C12H22N2O5. The van der Waals surface area contributed by atoms with Gasteiger partial charge in [-0.25, -0.2) is 4.79 Å². The number of carbonyl (C=O) groups excluding carboxylic acids is 1. The molecule has 0 heterocycles. The largest absolute Gasteiger partial charge is 0.481 e. The molecular weight excluding hydrogens is 252 g/mol. The first-order valence-corrected chi connectivity index (χ1v) is 6.24. The summed E-state index contributed by atoms with van der Waals surface area (Å²) in [7, 11) is 0. The maximum Gasteiger partial charge on any atom is 0.326 e. The first kappa shape index (κ1) is 17.4. The van der Waals surface area contributed by atoms with Gasteiger partial charge in [-0.05, 0) is 19.8 Å². The Morgan fingerprint density at radius 1 is 1.16 bits per heavy atom. The molecule has 1 amide bonds. The third-order valence-electron chi connectivity index (χ3n) is 2.74. The Hall–Kier alpha value is -1.63. The predicted octanol–water partition coefficient (Wildman–Crippen LogP) is 0.184. The molecule has 110 valence electrons. The number of hydrogen-bond acceptors (Lipinski definition) is 4.